The van der Waals surface area contributed by atoms with Crippen molar-refractivity contribution < 1.29 is 13.5 Å². The molecule has 178 valence electrons. The van der Waals surface area contributed by atoms with Crippen molar-refractivity contribution >= 4 is 43.4 Å². The molecule has 1 aliphatic rings. The number of aromatic nitrogens is 4. The second-order valence-corrected chi connectivity index (χ2v) is 9.20. The van der Waals surface area contributed by atoms with Gasteiger partial charge in [0.1, 0.15) is 29.5 Å². The van der Waals surface area contributed by atoms with E-state index in [0.717, 1.165) is 30.7 Å². The molecule has 4 aromatic rings. The quantitative estimate of drug-likeness (QED) is 0.361. The van der Waals surface area contributed by atoms with Crippen molar-refractivity contribution in [3.8, 4) is 17.3 Å². The van der Waals surface area contributed by atoms with Crippen LogP contribution in [0.2, 0.25) is 0 Å². The van der Waals surface area contributed by atoms with Crippen molar-refractivity contribution in [2.75, 3.05) is 44.3 Å². The number of nitrogen functional groups attached to an aromatic ring is 1. The van der Waals surface area contributed by atoms with E-state index in [4.69, 9.17) is 16.2 Å². The van der Waals surface area contributed by atoms with E-state index in [2.05, 4.69) is 30.2 Å². The summed E-state index contributed by atoms with van der Waals surface area (Å²) >= 11 is 1.000. The Morgan fingerprint density at radius 2 is 2.09 bits per heavy atom. The van der Waals surface area contributed by atoms with Gasteiger partial charge in [0, 0.05) is 30.9 Å². The van der Waals surface area contributed by atoms with E-state index < -0.39 is 11.6 Å². The summed E-state index contributed by atoms with van der Waals surface area (Å²) in [4.78, 5) is 19.5. The highest BCUT2D eigenvalue weighted by Crippen LogP contribution is 2.37. The third-order valence-electron chi connectivity index (χ3n) is 5.94. The average Bonchev–Trinajstić information content (AvgIpc) is 3.42. The summed E-state index contributed by atoms with van der Waals surface area (Å²) in [6.45, 7) is 2.19. The smallest absolute Gasteiger partial charge is 0.319 e. The fraction of sp³-hybridized carbons (Fsp3) is 0.364. The van der Waals surface area contributed by atoms with Crippen LogP contribution in [-0.2, 0) is 0 Å². The van der Waals surface area contributed by atoms with Crippen LogP contribution >= 0.6 is 11.3 Å². The van der Waals surface area contributed by atoms with Crippen LogP contribution in [0.1, 0.15) is 12.8 Å². The maximum atomic E-state index is 15.9. The van der Waals surface area contributed by atoms with Gasteiger partial charge in [-0.1, -0.05) is 11.3 Å². The second-order valence-electron chi connectivity index (χ2n) is 8.17. The van der Waals surface area contributed by atoms with Crippen LogP contribution < -0.4 is 21.5 Å². The molecule has 0 spiro atoms. The molecule has 4 heterocycles. The largest absolute Gasteiger partial charge is 0.462 e. The molecule has 0 amide bonds. The van der Waals surface area contributed by atoms with Gasteiger partial charge in [-0.3, -0.25) is 4.98 Å². The molecule has 1 aromatic carbocycles. The summed E-state index contributed by atoms with van der Waals surface area (Å²) < 4.78 is 36.2. The Morgan fingerprint density at radius 3 is 2.85 bits per heavy atom. The standard InChI is InChI=1S/C22H24F2N8OS/c1-32-8-2-3-11(32)10-33-22-30-17-13(20(31-22)27-7-6-25)9-28-16(15(17)24)12-4-5-14(23)19-18(12)29-21(26)34-19/h4-5,9,11H,2-3,6-8,10,25H2,1H3,(H2,26,29)(H,27,30,31)/t11-/m0/s1. The molecule has 3 aromatic heterocycles. The number of pyridine rings is 1. The number of nitrogens with zero attached hydrogens (tertiary/aromatic N) is 5. The molecule has 1 saturated heterocycles. The van der Waals surface area contributed by atoms with Gasteiger partial charge < -0.3 is 26.4 Å². The number of ether oxygens (including phenoxy) is 1. The van der Waals surface area contributed by atoms with E-state index in [0.29, 0.717) is 36.5 Å². The molecule has 12 heteroatoms. The highest BCUT2D eigenvalue weighted by atomic mass is 32.1. The van der Waals surface area contributed by atoms with Gasteiger partial charge in [0.25, 0.3) is 0 Å². The molecule has 0 unspecified atom stereocenters. The van der Waals surface area contributed by atoms with Crippen molar-refractivity contribution in [1.82, 2.24) is 24.8 Å². The van der Waals surface area contributed by atoms with Crippen LogP contribution in [0.25, 0.3) is 32.4 Å². The number of benzene rings is 1. The fourth-order valence-electron chi connectivity index (χ4n) is 4.16. The summed E-state index contributed by atoms with van der Waals surface area (Å²) in [7, 11) is 2.04. The number of fused-ring (bicyclic) bond motifs is 2. The van der Waals surface area contributed by atoms with Crippen molar-refractivity contribution in [2.45, 2.75) is 18.9 Å². The Kier molecular flexibility index (Phi) is 6.11. The molecule has 0 saturated carbocycles. The molecule has 5 rings (SSSR count). The normalized spacial score (nSPS) is 16.5. The molecule has 5 N–H and O–H groups in total. The maximum absolute atomic E-state index is 15.9. The predicted molar refractivity (Wildman–Crippen MR) is 129 cm³/mol. The second kappa shape index (κ2) is 9.20. The van der Waals surface area contributed by atoms with E-state index in [-0.39, 0.29) is 38.6 Å². The van der Waals surface area contributed by atoms with Gasteiger partial charge in [-0.25, -0.2) is 13.8 Å². The Morgan fingerprint density at radius 1 is 1.24 bits per heavy atom. The van der Waals surface area contributed by atoms with Gasteiger partial charge in [0.2, 0.25) is 0 Å². The highest BCUT2D eigenvalue weighted by Gasteiger charge is 2.24. The number of hydrogen-bond donors (Lipinski definition) is 3. The number of nitrogens with two attached hydrogens (primary N) is 2. The number of anilines is 2. The van der Waals surface area contributed by atoms with Gasteiger partial charge in [0.05, 0.1) is 15.6 Å². The van der Waals surface area contributed by atoms with Gasteiger partial charge in [-0.05, 0) is 38.6 Å². The van der Waals surface area contributed by atoms with E-state index in [1.165, 1.54) is 18.3 Å². The zero-order valence-electron chi connectivity index (χ0n) is 18.5. The predicted octanol–water partition coefficient (Wildman–Crippen LogP) is 3.01. The van der Waals surface area contributed by atoms with Crippen LogP contribution in [0, 0.1) is 11.6 Å². The summed E-state index contributed by atoms with van der Waals surface area (Å²) in [5, 5.41) is 3.66. The Labute approximate surface area is 198 Å². The molecule has 0 bridgehead atoms. The molecular weight excluding hydrogens is 462 g/mol. The monoisotopic (exact) mass is 486 g/mol. The summed E-state index contributed by atoms with van der Waals surface area (Å²) in [6, 6.07) is 3.00. The number of thiazole rings is 1. The SMILES string of the molecule is CN1CCC[C@H]1COc1nc(NCCN)c2cnc(-c3ccc(F)c4sc(N)nc34)c(F)c2n1. The molecular formula is C22H24F2N8OS. The fourth-order valence-corrected chi connectivity index (χ4v) is 4.92. The summed E-state index contributed by atoms with van der Waals surface area (Å²) in [6.07, 6.45) is 3.59. The molecule has 1 aliphatic heterocycles. The topological polar surface area (TPSA) is 128 Å². The van der Waals surface area contributed by atoms with Crippen LogP contribution in [0.15, 0.2) is 18.3 Å². The van der Waals surface area contributed by atoms with Crippen molar-refractivity contribution in [2.24, 2.45) is 5.73 Å². The van der Waals surface area contributed by atoms with Gasteiger partial charge in [-0.15, -0.1) is 0 Å². The third kappa shape index (κ3) is 4.08. The number of likely N-dealkylation sites (N-methyl/N-ethyl adjacent to an activating group) is 1. The van der Waals surface area contributed by atoms with Gasteiger partial charge >= 0.3 is 6.01 Å². The molecule has 9 nitrogen and oxygen atoms in total. The van der Waals surface area contributed by atoms with Crippen LogP contribution in [-0.4, -0.2) is 64.2 Å². The van der Waals surface area contributed by atoms with Crippen LogP contribution in [0.4, 0.5) is 19.7 Å². The lowest BCUT2D eigenvalue weighted by molar-refractivity contribution is 0.188. The first-order valence-corrected chi connectivity index (χ1v) is 11.8. The first kappa shape index (κ1) is 22.6. The lowest BCUT2D eigenvalue weighted by Gasteiger charge is -2.19. The zero-order chi connectivity index (χ0) is 23.8. The Bertz CT molecular complexity index is 1360. The number of nitrogens with one attached hydrogen (secondary N) is 1. The maximum Gasteiger partial charge on any atom is 0.319 e. The van der Waals surface area contributed by atoms with Crippen molar-refractivity contribution in [3.05, 3.63) is 30.0 Å². The van der Waals surface area contributed by atoms with Gasteiger partial charge in [-0.2, -0.15) is 9.97 Å². The number of likely N-dealkylation sites (tertiary alicyclic amines) is 1. The summed E-state index contributed by atoms with van der Waals surface area (Å²) in [5.74, 6) is -0.777. The van der Waals surface area contributed by atoms with Crippen molar-refractivity contribution in [1.29, 1.82) is 0 Å². The van der Waals surface area contributed by atoms with E-state index >= 15 is 4.39 Å². The van der Waals surface area contributed by atoms with E-state index in [1.807, 2.05) is 7.05 Å². The highest BCUT2D eigenvalue weighted by molar-refractivity contribution is 7.22. The molecule has 0 radical (unpaired) electrons. The first-order valence-electron chi connectivity index (χ1n) is 10.9. The number of rotatable bonds is 7. The minimum atomic E-state index is -0.682. The average molecular weight is 487 g/mol. The van der Waals surface area contributed by atoms with Gasteiger partial charge in [0.15, 0.2) is 10.9 Å². The molecule has 1 atom stereocenters. The van der Waals surface area contributed by atoms with E-state index in [9.17, 15) is 4.39 Å². The molecule has 34 heavy (non-hydrogen) atoms. The van der Waals surface area contributed by atoms with Crippen molar-refractivity contribution in [3.63, 3.8) is 0 Å². The Hall–Kier alpha value is -3.22. The zero-order valence-corrected chi connectivity index (χ0v) is 19.3. The lowest BCUT2D eigenvalue weighted by atomic mass is 10.1. The lowest BCUT2D eigenvalue weighted by Crippen LogP contribution is -2.31. The van der Waals surface area contributed by atoms with Crippen LogP contribution in [0.5, 0.6) is 6.01 Å². The van der Waals surface area contributed by atoms with E-state index in [1.54, 1.807) is 0 Å². The summed E-state index contributed by atoms with van der Waals surface area (Å²) in [5.41, 5.74) is 12.0. The minimum absolute atomic E-state index is 0.00671. The molecule has 1 fully saturated rings. The number of hydrogen-bond acceptors (Lipinski definition) is 10. The minimum Gasteiger partial charge on any atom is -0.462 e. The Balaban J connectivity index is 1.60. The van der Waals surface area contributed by atoms with Crippen LogP contribution in [0.3, 0.4) is 0 Å². The molecule has 0 aliphatic carbocycles. The third-order valence-corrected chi connectivity index (χ3v) is 6.84. The number of halogens is 2. The first-order chi connectivity index (χ1) is 16.5.